The minimum atomic E-state index is -4.75. The number of benzene rings is 1. The highest BCUT2D eigenvalue weighted by Gasteiger charge is 2.45. The van der Waals surface area contributed by atoms with Crippen molar-refractivity contribution >= 4 is 16.1 Å². The van der Waals surface area contributed by atoms with Crippen LogP contribution in [0, 0.1) is 0 Å². The molecule has 1 aromatic rings. The van der Waals surface area contributed by atoms with Crippen molar-refractivity contribution < 1.29 is 26.4 Å². The summed E-state index contributed by atoms with van der Waals surface area (Å²) in [6.45, 7) is 4.23. The minimum Gasteiger partial charge on any atom is -0.341 e. The number of sulfonamides is 1. The second-order valence-corrected chi connectivity index (χ2v) is 9.60. The Hall–Kier alpha value is -1.85. The molecule has 0 bridgehead atoms. The molecule has 0 unspecified atom stereocenters. The molecule has 1 N–H and O–H groups in total. The molecule has 2 heterocycles. The van der Waals surface area contributed by atoms with Crippen LogP contribution in [0.1, 0.15) is 25.3 Å². The molecule has 168 valence electrons. The number of nitrogens with one attached hydrogen (secondary N) is 1. The van der Waals surface area contributed by atoms with Crippen molar-refractivity contribution in [3.63, 3.8) is 0 Å². The maximum atomic E-state index is 13.3. The van der Waals surface area contributed by atoms with Gasteiger partial charge in [-0.1, -0.05) is 19.1 Å². The Morgan fingerprint density at radius 3 is 2.33 bits per heavy atom. The van der Waals surface area contributed by atoms with Crippen LogP contribution in [0.15, 0.2) is 29.2 Å². The Morgan fingerprint density at radius 1 is 1.13 bits per heavy atom. The molecule has 2 fully saturated rings. The molecule has 30 heavy (non-hydrogen) atoms. The quantitative estimate of drug-likeness (QED) is 0.767. The van der Waals surface area contributed by atoms with Gasteiger partial charge in [0.1, 0.15) is 0 Å². The number of nitrogens with zero attached hydrogens (tertiary/aromatic N) is 3. The van der Waals surface area contributed by atoms with Crippen molar-refractivity contribution in [3.05, 3.63) is 29.8 Å². The summed E-state index contributed by atoms with van der Waals surface area (Å²) in [6, 6.07) is 4.15. The van der Waals surface area contributed by atoms with Crippen LogP contribution in [0.2, 0.25) is 0 Å². The van der Waals surface area contributed by atoms with Gasteiger partial charge in [0.05, 0.1) is 10.5 Å². The van der Waals surface area contributed by atoms with Gasteiger partial charge in [0, 0.05) is 51.9 Å². The molecule has 0 aromatic heterocycles. The third-order valence-electron chi connectivity index (χ3n) is 6.21. The topological polar surface area (TPSA) is 73.0 Å². The molecule has 2 aliphatic heterocycles. The van der Waals surface area contributed by atoms with E-state index < -0.39 is 26.7 Å². The number of carbonyl (C=O) groups excluding carboxylic acids is 1. The lowest BCUT2D eigenvalue weighted by atomic mass is 9.92. The summed E-state index contributed by atoms with van der Waals surface area (Å²) in [7, 11) is -2.69. The normalized spacial score (nSPS) is 24.2. The van der Waals surface area contributed by atoms with Crippen molar-refractivity contribution in [2.75, 3.05) is 46.3 Å². The molecule has 0 radical (unpaired) electrons. The molecule has 2 aliphatic rings. The Morgan fingerprint density at radius 2 is 1.77 bits per heavy atom. The summed E-state index contributed by atoms with van der Waals surface area (Å²) in [4.78, 5) is 15.2. The number of alkyl halides is 3. The van der Waals surface area contributed by atoms with Crippen molar-refractivity contribution in [1.82, 2.24) is 19.4 Å². The fourth-order valence-electron chi connectivity index (χ4n) is 4.43. The van der Waals surface area contributed by atoms with Crippen LogP contribution in [0.3, 0.4) is 0 Å². The Bertz CT molecular complexity index is 885. The molecular formula is C19H27F3N4O3S. The number of urea groups is 1. The highest BCUT2D eigenvalue weighted by atomic mass is 32.2. The summed E-state index contributed by atoms with van der Waals surface area (Å²) in [5, 5.41) is 2.62. The SMILES string of the molecule is CC[C@@]1(N2CCN(S(=O)(=O)c3ccccc3C(F)(F)F)CC2)CCN(C(=O)NC)C1. The van der Waals surface area contributed by atoms with Crippen LogP contribution in [0.4, 0.5) is 18.0 Å². The first-order valence-corrected chi connectivity index (χ1v) is 11.4. The van der Waals surface area contributed by atoms with Crippen LogP contribution in [0.25, 0.3) is 0 Å². The van der Waals surface area contributed by atoms with Crippen molar-refractivity contribution in [2.24, 2.45) is 0 Å². The molecule has 1 aromatic carbocycles. The first kappa shape index (κ1) is 22.8. The third-order valence-corrected chi connectivity index (χ3v) is 8.17. The van der Waals surface area contributed by atoms with Crippen LogP contribution in [-0.4, -0.2) is 80.4 Å². The number of halogens is 3. The molecule has 0 saturated carbocycles. The Labute approximate surface area is 174 Å². The van der Waals surface area contributed by atoms with E-state index in [0.29, 0.717) is 26.2 Å². The number of hydrogen-bond donors (Lipinski definition) is 1. The summed E-state index contributed by atoms with van der Waals surface area (Å²) >= 11 is 0. The van der Waals surface area contributed by atoms with E-state index >= 15 is 0 Å². The molecule has 0 spiro atoms. The first-order valence-electron chi connectivity index (χ1n) is 9.93. The average Bonchev–Trinajstić information content (AvgIpc) is 3.18. The Kier molecular flexibility index (Phi) is 6.35. The van der Waals surface area contributed by atoms with Crippen molar-refractivity contribution in [2.45, 2.75) is 36.4 Å². The number of rotatable bonds is 4. The van der Waals surface area contributed by atoms with E-state index in [9.17, 15) is 26.4 Å². The van der Waals surface area contributed by atoms with E-state index in [1.807, 2.05) is 6.92 Å². The lowest BCUT2D eigenvalue weighted by Gasteiger charge is -2.45. The lowest BCUT2D eigenvalue weighted by Crippen LogP contribution is -2.59. The number of piperazine rings is 1. The van der Waals surface area contributed by atoms with E-state index in [1.165, 1.54) is 12.1 Å². The molecule has 2 saturated heterocycles. The van der Waals surface area contributed by atoms with Gasteiger partial charge in [-0.2, -0.15) is 17.5 Å². The van der Waals surface area contributed by atoms with Crippen LogP contribution in [0.5, 0.6) is 0 Å². The van der Waals surface area contributed by atoms with Gasteiger partial charge < -0.3 is 10.2 Å². The average molecular weight is 449 g/mol. The number of carbonyl (C=O) groups is 1. The molecule has 0 aliphatic carbocycles. The lowest BCUT2D eigenvalue weighted by molar-refractivity contribution is -0.139. The number of amides is 2. The van der Waals surface area contributed by atoms with Crippen LogP contribution >= 0.6 is 0 Å². The second kappa shape index (κ2) is 8.35. The van der Waals surface area contributed by atoms with Gasteiger partial charge >= 0.3 is 12.2 Å². The van der Waals surface area contributed by atoms with Gasteiger partial charge in [-0.3, -0.25) is 4.90 Å². The fourth-order valence-corrected chi connectivity index (χ4v) is 6.06. The van der Waals surface area contributed by atoms with Gasteiger partial charge in [0.25, 0.3) is 0 Å². The largest absolute Gasteiger partial charge is 0.417 e. The molecular weight excluding hydrogens is 421 g/mol. The zero-order valence-electron chi connectivity index (χ0n) is 17.1. The van der Waals surface area contributed by atoms with E-state index in [1.54, 1.807) is 11.9 Å². The van der Waals surface area contributed by atoms with E-state index in [-0.39, 0.29) is 24.7 Å². The fraction of sp³-hybridized carbons (Fsp3) is 0.632. The van der Waals surface area contributed by atoms with E-state index in [0.717, 1.165) is 29.3 Å². The molecule has 3 rings (SSSR count). The zero-order chi connectivity index (χ0) is 22.2. The number of hydrogen-bond acceptors (Lipinski definition) is 4. The van der Waals surface area contributed by atoms with Crippen molar-refractivity contribution in [1.29, 1.82) is 0 Å². The maximum absolute atomic E-state index is 13.3. The zero-order valence-corrected chi connectivity index (χ0v) is 17.9. The summed E-state index contributed by atoms with van der Waals surface area (Å²) in [5.74, 6) is 0. The van der Waals surface area contributed by atoms with Gasteiger partial charge in [-0.25, -0.2) is 13.2 Å². The standard InChI is InChI=1S/C19H27F3N4O3S/c1-3-18(8-9-24(14-18)17(27)23-2)25-10-12-26(13-11-25)30(28,29)16-7-5-4-6-15(16)19(20,21)22/h4-7H,3,8-14H2,1-2H3,(H,23,27)/t18-/m1/s1. The van der Waals surface area contributed by atoms with E-state index in [4.69, 9.17) is 0 Å². The summed E-state index contributed by atoms with van der Waals surface area (Å²) < 4.78 is 67.0. The first-order chi connectivity index (χ1) is 14.0. The second-order valence-electron chi connectivity index (χ2n) is 7.69. The maximum Gasteiger partial charge on any atom is 0.417 e. The highest BCUT2D eigenvalue weighted by molar-refractivity contribution is 7.89. The molecule has 11 heteroatoms. The van der Waals surface area contributed by atoms with Gasteiger partial charge in [0.2, 0.25) is 10.0 Å². The molecule has 7 nitrogen and oxygen atoms in total. The van der Waals surface area contributed by atoms with Crippen LogP contribution < -0.4 is 5.32 Å². The third kappa shape index (κ3) is 4.15. The molecule has 2 amide bonds. The van der Waals surface area contributed by atoms with Gasteiger partial charge in [0.15, 0.2) is 0 Å². The van der Waals surface area contributed by atoms with E-state index in [2.05, 4.69) is 10.2 Å². The monoisotopic (exact) mass is 448 g/mol. The minimum absolute atomic E-state index is 0.107. The highest BCUT2D eigenvalue weighted by Crippen LogP contribution is 2.36. The van der Waals surface area contributed by atoms with Crippen LogP contribution in [-0.2, 0) is 16.2 Å². The van der Waals surface area contributed by atoms with Gasteiger partial charge in [-0.15, -0.1) is 0 Å². The predicted molar refractivity (Wildman–Crippen MR) is 105 cm³/mol. The van der Waals surface area contributed by atoms with Crippen molar-refractivity contribution in [3.8, 4) is 0 Å². The number of likely N-dealkylation sites (tertiary alicyclic amines) is 1. The van der Waals surface area contributed by atoms with Gasteiger partial charge in [-0.05, 0) is 25.0 Å². The Balaban J connectivity index is 1.75. The summed E-state index contributed by atoms with van der Waals surface area (Å²) in [5.41, 5.74) is -1.39. The predicted octanol–water partition coefficient (Wildman–Crippen LogP) is 2.21. The molecule has 1 atom stereocenters. The summed E-state index contributed by atoms with van der Waals surface area (Å²) in [6.07, 6.45) is -3.17. The smallest absolute Gasteiger partial charge is 0.341 e.